The molecule has 0 aromatic heterocycles. The normalized spacial score (nSPS) is 13.7. The third-order valence-corrected chi connectivity index (χ3v) is 3.10. The van der Waals surface area contributed by atoms with Crippen molar-refractivity contribution in [3.63, 3.8) is 0 Å². The second kappa shape index (κ2) is 7.68. The van der Waals surface area contributed by atoms with E-state index in [1.54, 1.807) is 0 Å². The highest BCUT2D eigenvalue weighted by atomic mass is 16.5. The molecule has 0 heterocycles. The van der Waals surface area contributed by atoms with Crippen LogP contribution >= 0.6 is 0 Å². The predicted octanol–water partition coefficient (Wildman–Crippen LogP) is 2.39. The lowest BCUT2D eigenvalue weighted by molar-refractivity contribution is 0.0939. The van der Waals surface area contributed by atoms with Crippen LogP contribution in [0.1, 0.15) is 12.0 Å². The molecule has 2 atom stereocenters. The molecule has 106 valence electrons. The van der Waals surface area contributed by atoms with Crippen LogP contribution in [0.5, 0.6) is 5.75 Å². The van der Waals surface area contributed by atoms with Gasteiger partial charge < -0.3 is 15.6 Å². The van der Waals surface area contributed by atoms with Gasteiger partial charge in [0.05, 0.1) is 6.10 Å². The summed E-state index contributed by atoms with van der Waals surface area (Å²) in [6.07, 6.45) is 0.749. The molecule has 0 saturated heterocycles. The Balaban J connectivity index is 1.72. The number of ether oxygens (including phenoxy) is 1. The maximum atomic E-state index is 9.95. The Labute approximate surface area is 120 Å². The Hall–Kier alpha value is -1.84. The van der Waals surface area contributed by atoms with Crippen molar-refractivity contribution >= 4 is 0 Å². The van der Waals surface area contributed by atoms with Crippen LogP contribution in [0.2, 0.25) is 0 Å². The molecular formula is C17H21NO2. The predicted molar refractivity (Wildman–Crippen MR) is 80.7 cm³/mol. The number of aliphatic hydroxyl groups is 1. The van der Waals surface area contributed by atoms with E-state index in [1.807, 2.05) is 60.7 Å². The van der Waals surface area contributed by atoms with Crippen molar-refractivity contribution in [2.24, 2.45) is 5.73 Å². The number of hydrogen-bond acceptors (Lipinski definition) is 3. The largest absolute Gasteiger partial charge is 0.491 e. The maximum Gasteiger partial charge on any atom is 0.119 e. The molecule has 3 nitrogen and oxygen atoms in total. The van der Waals surface area contributed by atoms with E-state index in [1.165, 1.54) is 5.56 Å². The van der Waals surface area contributed by atoms with Gasteiger partial charge in [0.15, 0.2) is 0 Å². The lowest BCUT2D eigenvalue weighted by Crippen LogP contribution is -2.31. The maximum absolute atomic E-state index is 9.95. The third-order valence-electron chi connectivity index (χ3n) is 3.10. The first-order valence-corrected chi connectivity index (χ1v) is 6.89. The van der Waals surface area contributed by atoms with Gasteiger partial charge in [-0.05, 0) is 30.5 Å². The summed E-state index contributed by atoms with van der Waals surface area (Å²) in [5.41, 5.74) is 7.25. The van der Waals surface area contributed by atoms with E-state index in [0.29, 0.717) is 6.42 Å². The lowest BCUT2D eigenvalue weighted by Gasteiger charge is -2.17. The molecular weight excluding hydrogens is 250 g/mol. The fraction of sp³-hybridized carbons (Fsp3) is 0.294. The molecule has 0 fully saturated rings. The Morgan fingerprint density at radius 3 is 2.20 bits per heavy atom. The molecule has 0 bridgehead atoms. The molecule has 2 unspecified atom stereocenters. The highest BCUT2D eigenvalue weighted by molar-refractivity contribution is 5.21. The Kier molecular flexibility index (Phi) is 5.59. The summed E-state index contributed by atoms with van der Waals surface area (Å²) in [5.74, 6) is 0.767. The molecule has 0 aliphatic heterocycles. The van der Waals surface area contributed by atoms with Gasteiger partial charge in [0.2, 0.25) is 0 Å². The van der Waals surface area contributed by atoms with Gasteiger partial charge >= 0.3 is 0 Å². The molecule has 20 heavy (non-hydrogen) atoms. The summed E-state index contributed by atoms with van der Waals surface area (Å²) in [6.45, 7) is 0.270. The van der Waals surface area contributed by atoms with E-state index in [2.05, 4.69) is 0 Å². The molecule has 0 radical (unpaired) electrons. The van der Waals surface area contributed by atoms with Gasteiger partial charge in [-0.25, -0.2) is 0 Å². The van der Waals surface area contributed by atoms with Crippen LogP contribution in [0.25, 0.3) is 0 Å². The van der Waals surface area contributed by atoms with Crippen LogP contribution in [0.4, 0.5) is 0 Å². The minimum absolute atomic E-state index is 0.0632. The average Bonchev–Trinajstić information content (AvgIpc) is 2.47. The summed E-state index contributed by atoms with van der Waals surface area (Å²) in [6, 6.07) is 19.5. The second-order valence-electron chi connectivity index (χ2n) is 4.96. The van der Waals surface area contributed by atoms with Gasteiger partial charge in [-0.3, -0.25) is 0 Å². The topological polar surface area (TPSA) is 55.5 Å². The molecule has 3 heteroatoms. The number of benzene rings is 2. The van der Waals surface area contributed by atoms with Crippen LogP contribution < -0.4 is 10.5 Å². The quantitative estimate of drug-likeness (QED) is 0.813. The summed E-state index contributed by atoms with van der Waals surface area (Å²) < 4.78 is 5.51. The van der Waals surface area contributed by atoms with Crippen LogP contribution in [-0.4, -0.2) is 23.9 Å². The molecule has 2 aromatic carbocycles. The molecule has 0 amide bonds. The SMILES string of the molecule is NC(Cc1ccccc1)CC(O)COc1ccccc1. The van der Waals surface area contributed by atoms with Crippen molar-refractivity contribution in [1.82, 2.24) is 0 Å². The van der Waals surface area contributed by atoms with Gasteiger partial charge in [0.1, 0.15) is 12.4 Å². The summed E-state index contributed by atoms with van der Waals surface area (Å²) >= 11 is 0. The van der Waals surface area contributed by atoms with Gasteiger partial charge in [0.25, 0.3) is 0 Å². The van der Waals surface area contributed by atoms with E-state index in [9.17, 15) is 5.11 Å². The molecule has 0 saturated carbocycles. The number of para-hydroxylation sites is 1. The zero-order chi connectivity index (χ0) is 14.2. The Bertz CT molecular complexity index is 487. The number of nitrogens with two attached hydrogens (primary N) is 1. The molecule has 2 aromatic rings. The van der Waals surface area contributed by atoms with E-state index in [4.69, 9.17) is 10.5 Å². The van der Waals surface area contributed by atoms with Crippen LogP contribution in [-0.2, 0) is 6.42 Å². The van der Waals surface area contributed by atoms with E-state index in [0.717, 1.165) is 12.2 Å². The summed E-state index contributed by atoms with van der Waals surface area (Å²) in [7, 11) is 0. The summed E-state index contributed by atoms with van der Waals surface area (Å²) in [4.78, 5) is 0. The highest BCUT2D eigenvalue weighted by Crippen LogP contribution is 2.10. The number of rotatable bonds is 7. The molecule has 0 spiro atoms. The molecule has 0 aliphatic carbocycles. The van der Waals surface area contributed by atoms with E-state index in [-0.39, 0.29) is 12.6 Å². The van der Waals surface area contributed by atoms with Gasteiger partial charge in [0, 0.05) is 6.04 Å². The first-order chi connectivity index (χ1) is 9.74. The van der Waals surface area contributed by atoms with Crippen molar-refractivity contribution < 1.29 is 9.84 Å². The van der Waals surface area contributed by atoms with E-state index >= 15 is 0 Å². The second-order valence-corrected chi connectivity index (χ2v) is 4.96. The first-order valence-electron chi connectivity index (χ1n) is 6.89. The van der Waals surface area contributed by atoms with Crippen molar-refractivity contribution in [3.05, 3.63) is 66.2 Å². The van der Waals surface area contributed by atoms with Gasteiger partial charge in [-0.1, -0.05) is 48.5 Å². The van der Waals surface area contributed by atoms with Crippen molar-refractivity contribution in [2.75, 3.05) is 6.61 Å². The number of hydrogen-bond donors (Lipinski definition) is 2. The fourth-order valence-electron chi connectivity index (χ4n) is 2.13. The highest BCUT2D eigenvalue weighted by Gasteiger charge is 2.12. The van der Waals surface area contributed by atoms with Crippen LogP contribution in [0.3, 0.4) is 0 Å². The molecule has 3 N–H and O–H groups in total. The molecule has 0 aliphatic rings. The zero-order valence-electron chi connectivity index (χ0n) is 11.5. The number of aliphatic hydroxyl groups excluding tert-OH is 1. The van der Waals surface area contributed by atoms with Crippen LogP contribution in [0, 0.1) is 0 Å². The van der Waals surface area contributed by atoms with Gasteiger partial charge in [-0.15, -0.1) is 0 Å². The Morgan fingerprint density at radius 1 is 0.950 bits per heavy atom. The van der Waals surface area contributed by atoms with Crippen molar-refractivity contribution in [2.45, 2.75) is 25.0 Å². The first kappa shape index (κ1) is 14.6. The minimum Gasteiger partial charge on any atom is -0.491 e. The molecule has 2 rings (SSSR count). The van der Waals surface area contributed by atoms with Gasteiger partial charge in [-0.2, -0.15) is 0 Å². The minimum atomic E-state index is -0.547. The smallest absolute Gasteiger partial charge is 0.119 e. The monoisotopic (exact) mass is 271 g/mol. The van der Waals surface area contributed by atoms with Crippen molar-refractivity contribution in [1.29, 1.82) is 0 Å². The fourth-order valence-corrected chi connectivity index (χ4v) is 2.13. The Morgan fingerprint density at radius 2 is 1.55 bits per heavy atom. The van der Waals surface area contributed by atoms with Crippen molar-refractivity contribution in [3.8, 4) is 5.75 Å². The van der Waals surface area contributed by atoms with E-state index < -0.39 is 6.10 Å². The van der Waals surface area contributed by atoms with Crippen LogP contribution in [0.15, 0.2) is 60.7 Å². The zero-order valence-corrected chi connectivity index (χ0v) is 11.5. The lowest BCUT2D eigenvalue weighted by atomic mass is 10.0. The average molecular weight is 271 g/mol. The third kappa shape index (κ3) is 5.03. The summed E-state index contributed by atoms with van der Waals surface area (Å²) in [5, 5.41) is 9.95. The standard InChI is InChI=1S/C17H21NO2/c18-15(11-14-7-3-1-4-8-14)12-16(19)13-20-17-9-5-2-6-10-17/h1-10,15-16,19H,11-13,18H2.